The number of amides is 2. The van der Waals surface area contributed by atoms with Crippen LogP contribution >= 0.6 is 11.8 Å². The van der Waals surface area contributed by atoms with Gasteiger partial charge in [-0.15, -0.1) is 0 Å². The van der Waals surface area contributed by atoms with E-state index in [9.17, 15) is 33.0 Å². The maximum absolute atomic E-state index is 12.5. The second-order valence-electron chi connectivity index (χ2n) is 8.38. The molecule has 20 heteroatoms. The molecule has 1 fully saturated rings. The molecule has 3 heterocycles. The summed E-state index contributed by atoms with van der Waals surface area (Å²) >= 11 is 1.42. The summed E-state index contributed by atoms with van der Waals surface area (Å²) in [7, 11) is -4.88. The van der Waals surface area contributed by atoms with Crippen molar-refractivity contribution in [1.29, 1.82) is 0 Å². The van der Waals surface area contributed by atoms with Gasteiger partial charge < -0.3 is 36.8 Å². The standard InChI is InChI=1S/C19H28N8O10S2/c1-38-3-2-8(20)17(32)25-9(4-11(28)29)18(33)26-39(34,35)36-5-10-13(30)14(31)19(37-10)27-7-24-12-15(21)22-6-23-16(12)27/h6-10,13-14,19,30-31H,2-5,20H2,1H3,(H,25,32)(H,26,33)(H,28,29)(H2,21,22,23)/t8-,9-,10+,13+,14+,19+/m0/s1. The number of carboxylic acids is 1. The normalized spacial score (nSPS) is 22.9. The van der Waals surface area contributed by atoms with Gasteiger partial charge in [-0.2, -0.15) is 20.2 Å². The highest BCUT2D eigenvalue weighted by atomic mass is 32.2. The number of rotatable bonds is 13. The Morgan fingerprint density at radius 3 is 2.62 bits per heavy atom. The number of nitrogens with zero attached hydrogens (tertiary/aromatic N) is 4. The van der Waals surface area contributed by atoms with Crippen LogP contribution in [-0.4, -0.2) is 110 Å². The zero-order valence-corrected chi connectivity index (χ0v) is 22.0. The molecular formula is C19H28N8O10S2. The molecule has 1 aliphatic rings. The van der Waals surface area contributed by atoms with Gasteiger partial charge in [0.15, 0.2) is 17.7 Å². The van der Waals surface area contributed by atoms with Gasteiger partial charge in [-0.25, -0.2) is 19.7 Å². The number of aliphatic hydroxyl groups excluding tert-OH is 2. The lowest BCUT2D eigenvalue weighted by Crippen LogP contribution is -2.53. The Bertz CT molecular complexity index is 1310. The van der Waals surface area contributed by atoms with Crippen LogP contribution in [0.2, 0.25) is 0 Å². The van der Waals surface area contributed by atoms with E-state index in [0.717, 1.165) is 6.33 Å². The Morgan fingerprint density at radius 1 is 1.23 bits per heavy atom. The fraction of sp³-hybridized carbons (Fsp3) is 0.579. The lowest BCUT2D eigenvalue weighted by molar-refractivity contribution is -0.140. The van der Waals surface area contributed by atoms with Crippen LogP contribution in [0.1, 0.15) is 19.1 Å². The maximum Gasteiger partial charge on any atom is 0.362 e. The molecule has 216 valence electrons. The SMILES string of the molecule is CSCC[C@H](N)C(=O)N[C@@H](CC(=O)O)C(=O)NS(=O)(=O)OC[C@H]1O[C@@H](n2cnc3c(N)ncnc32)[C@H](O)[C@@H]1O. The number of aliphatic carboxylic acids is 1. The summed E-state index contributed by atoms with van der Waals surface area (Å²) in [4.78, 5) is 47.7. The summed E-state index contributed by atoms with van der Waals surface area (Å²) in [6.45, 7) is -0.851. The average molecular weight is 593 g/mol. The van der Waals surface area contributed by atoms with E-state index in [1.807, 2.05) is 0 Å². The van der Waals surface area contributed by atoms with Crippen molar-refractivity contribution in [2.45, 2.75) is 49.5 Å². The van der Waals surface area contributed by atoms with Crippen molar-refractivity contribution in [3.05, 3.63) is 12.7 Å². The Morgan fingerprint density at radius 2 is 1.95 bits per heavy atom. The number of nitrogens with one attached hydrogen (secondary N) is 2. The summed E-state index contributed by atoms with van der Waals surface area (Å²) in [5, 5.41) is 32.0. The van der Waals surface area contributed by atoms with Crippen molar-refractivity contribution < 1.29 is 47.0 Å². The fourth-order valence-corrected chi connectivity index (χ4v) is 4.82. The molecular weight excluding hydrogens is 564 g/mol. The molecule has 3 rings (SSSR count). The van der Waals surface area contributed by atoms with Crippen LogP contribution in [0.4, 0.5) is 5.82 Å². The van der Waals surface area contributed by atoms with Crippen LogP contribution in [0.15, 0.2) is 12.7 Å². The summed E-state index contributed by atoms with van der Waals surface area (Å²) in [5.74, 6) is -3.14. The first-order valence-electron chi connectivity index (χ1n) is 11.3. The molecule has 0 aliphatic carbocycles. The molecule has 9 N–H and O–H groups in total. The summed E-state index contributed by atoms with van der Waals surface area (Å²) < 4.78 is 37.8. The second-order valence-corrected chi connectivity index (χ2v) is 10.7. The van der Waals surface area contributed by atoms with Gasteiger partial charge in [0.25, 0.3) is 5.91 Å². The number of hydrogen-bond acceptors (Lipinski definition) is 15. The first-order chi connectivity index (χ1) is 18.3. The number of carboxylic acid groups (broad SMARTS) is 1. The van der Waals surface area contributed by atoms with E-state index in [1.165, 1.54) is 27.4 Å². The van der Waals surface area contributed by atoms with E-state index < -0.39 is 77.7 Å². The first-order valence-corrected chi connectivity index (χ1v) is 14.1. The first kappa shape index (κ1) is 30.4. The number of nitrogens with two attached hydrogens (primary N) is 2. The third-order valence-corrected chi connectivity index (χ3v) is 7.13. The van der Waals surface area contributed by atoms with E-state index >= 15 is 0 Å². The molecule has 0 unspecified atom stereocenters. The molecule has 2 amide bonds. The van der Waals surface area contributed by atoms with E-state index in [-0.39, 0.29) is 23.4 Å². The maximum atomic E-state index is 12.5. The minimum absolute atomic E-state index is 0.0628. The number of anilines is 1. The number of aliphatic hydroxyl groups is 2. The lowest BCUT2D eigenvalue weighted by atomic mass is 10.1. The third-order valence-electron chi connectivity index (χ3n) is 5.59. The molecule has 1 aliphatic heterocycles. The Hall–Kier alpha value is -3.14. The number of nitrogen functional groups attached to an aromatic ring is 1. The topological polar surface area (TPSA) is 284 Å². The van der Waals surface area contributed by atoms with Crippen LogP contribution in [0.25, 0.3) is 11.2 Å². The third kappa shape index (κ3) is 7.50. The van der Waals surface area contributed by atoms with Crippen LogP contribution < -0.4 is 21.5 Å². The summed E-state index contributed by atoms with van der Waals surface area (Å²) in [5.41, 5.74) is 11.8. The predicted molar refractivity (Wildman–Crippen MR) is 134 cm³/mol. The predicted octanol–water partition coefficient (Wildman–Crippen LogP) is -3.55. The number of aromatic nitrogens is 4. The molecule has 0 aromatic carbocycles. The van der Waals surface area contributed by atoms with Gasteiger partial charge in [-0.1, -0.05) is 0 Å². The van der Waals surface area contributed by atoms with Gasteiger partial charge in [-0.3, -0.25) is 23.1 Å². The van der Waals surface area contributed by atoms with Crippen molar-refractivity contribution in [3.63, 3.8) is 0 Å². The zero-order valence-electron chi connectivity index (χ0n) is 20.4. The molecule has 18 nitrogen and oxygen atoms in total. The molecule has 39 heavy (non-hydrogen) atoms. The quantitative estimate of drug-likeness (QED) is 0.118. The van der Waals surface area contributed by atoms with Crippen molar-refractivity contribution in [3.8, 4) is 0 Å². The van der Waals surface area contributed by atoms with Gasteiger partial charge in [-0.05, 0) is 18.4 Å². The van der Waals surface area contributed by atoms with Gasteiger partial charge in [0.1, 0.15) is 36.2 Å². The van der Waals surface area contributed by atoms with Crippen molar-refractivity contribution in [1.82, 2.24) is 29.6 Å². The molecule has 0 spiro atoms. The van der Waals surface area contributed by atoms with Crippen molar-refractivity contribution in [2.24, 2.45) is 5.73 Å². The summed E-state index contributed by atoms with van der Waals surface area (Å²) in [6.07, 6.45) is -2.35. The smallest absolute Gasteiger partial charge is 0.362 e. The number of carbonyl (C=O) groups is 3. The Balaban J connectivity index is 1.63. The molecule has 0 bridgehead atoms. The number of thioether (sulfide) groups is 1. The van der Waals surface area contributed by atoms with E-state index in [1.54, 1.807) is 6.26 Å². The van der Waals surface area contributed by atoms with Crippen LogP contribution in [0.3, 0.4) is 0 Å². The second kappa shape index (κ2) is 12.8. The fourth-order valence-electron chi connectivity index (χ4n) is 3.57. The number of carbonyl (C=O) groups excluding carboxylic acids is 2. The minimum atomic E-state index is -4.88. The van der Waals surface area contributed by atoms with E-state index in [0.29, 0.717) is 5.75 Å². The van der Waals surface area contributed by atoms with Gasteiger partial charge in [0, 0.05) is 0 Å². The molecule has 0 saturated carbocycles. The van der Waals surface area contributed by atoms with Crippen LogP contribution in [0.5, 0.6) is 0 Å². The number of fused-ring (bicyclic) bond motifs is 1. The molecule has 1 saturated heterocycles. The van der Waals surface area contributed by atoms with Crippen molar-refractivity contribution >= 4 is 56.8 Å². The molecule has 2 aromatic heterocycles. The average Bonchev–Trinajstić information content (AvgIpc) is 3.42. The largest absolute Gasteiger partial charge is 0.481 e. The van der Waals surface area contributed by atoms with E-state index in [2.05, 4.69) is 20.3 Å². The van der Waals surface area contributed by atoms with Crippen LogP contribution in [0, 0.1) is 0 Å². The Kier molecular flexibility index (Phi) is 9.98. The number of imidazole rings is 1. The minimum Gasteiger partial charge on any atom is -0.481 e. The number of ether oxygens (including phenoxy) is 1. The highest BCUT2D eigenvalue weighted by Crippen LogP contribution is 2.32. The van der Waals surface area contributed by atoms with Crippen LogP contribution in [-0.2, 0) is 33.6 Å². The van der Waals surface area contributed by atoms with Gasteiger partial charge in [0.05, 0.1) is 25.4 Å². The van der Waals surface area contributed by atoms with Crippen molar-refractivity contribution in [2.75, 3.05) is 24.3 Å². The molecule has 0 radical (unpaired) electrons. The highest BCUT2D eigenvalue weighted by Gasteiger charge is 2.45. The Labute approximate surface area is 225 Å². The van der Waals surface area contributed by atoms with Gasteiger partial charge in [0.2, 0.25) is 5.91 Å². The monoisotopic (exact) mass is 592 g/mol. The summed E-state index contributed by atoms with van der Waals surface area (Å²) in [6, 6.07) is -2.83. The highest BCUT2D eigenvalue weighted by molar-refractivity contribution is 7.98. The number of hydrogen-bond donors (Lipinski definition) is 7. The van der Waals surface area contributed by atoms with E-state index in [4.69, 9.17) is 25.5 Å². The zero-order chi connectivity index (χ0) is 28.9. The van der Waals surface area contributed by atoms with Gasteiger partial charge >= 0.3 is 16.3 Å². The molecule has 2 aromatic rings. The molecule has 6 atom stereocenters. The lowest BCUT2D eigenvalue weighted by Gasteiger charge is -2.20.